The number of amides is 4. The first-order chi connectivity index (χ1) is 27.7. The van der Waals surface area contributed by atoms with E-state index in [-0.39, 0.29) is 47.1 Å². The molecule has 0 radical (unpaired) electrons. The van der Waals surface area contributed by atoms with Crippen molar-refractivity contribution in [3.05, 3.63) is 93.5 Å². The van der Waals surface area contributed by atoms with Gasteiger partial charge in [0.2, 0.25) is 11.8 Å². The molecule has 3 heterocycles. The molecular weight excluding hydrogens is 756 g/mol. The summed E-state index contributed by atoms with van der Waals surface area (Å²) in [7, 11) is 0. The van der Waals surface area contributed by atoms with Gasteiger partial charge in [0, 0.05) is 79.8 Å². The lowest BCUT2D eigenvalue weighted by Crippen LogP contribution is -2.74. The van der Waals surface area contributed by atoms with Crippen LogP contribution in [0, 0.1) is 22.2 Å². The molecule has 2 N–H and O–H groups in total. The SMILES string of the molecule is CC1(C)[C@H](NC(=O)c2ccc(CCCCN3CCN(CCOc4ccc5c(c4)CN([C@H]4CCC(=O)NC4=O)C5=O)CC3)cc2)C(C)(C)[C@H]1Oc1ccc(C#N)c(Cl)c1. The molecule has 58 heavy (non-hydrogen) atoms. The second-order valence-corrected chi connectivity index (χ2v) is 17.6. The first kappa shape index (κ1) is 41.2. The van der Waals surface area contributed by atoms with Crippen molar-refractivity contribution in [2.45, 2.75) is 84.5 Å². The number of aryl methyl sites for hydroxylation is 1. The van der Waals surface area contributed by atoms with Crippen LogP contribution in [0.25, 0.3) is 0 Å². The average molecular weight is 809 g/mol. The number of hydrogen-bond donors (Lipinski definition) is 2. The molecule has 306 valence electrons. The standard InChI is InChI=1S/C45H53ClN6O6/c1-44(2)42(45(3,4)43(44)58-34-13-12-31(27-47)36(46)26-34)49-39(54)30-10-8-29(9-11-30)7-5-6-18-50-19-21-51(22-20-50)23-24-57-33-14-15-35-32(25-33)28-52(41(35)56)37-16-17-38(53)48-40(37)55/h8-15,25-26,37,42-43H,5-7,16-24,28H2,1-4H3,(H,49,54)(H,48,53,55)/t37-,42-,43-/m0/s1. The molecular formula is C45H53ClN6O6. The summed E-state index contributed by atoms with van der Waals surface area (Å²) >= 11 is 6.24. The zero-order valence-electron chi connectivity index (χ0n) is 33.8. The first-order valence-electron chi connectivity index (χ1n) is 20.4. The molecule has 13 heteroatoms. The molecule has 2 saturated heterocycles. The maximum absolute atomic E-state index is 13.4. The van der Waals surface area contributed by atoms with Gasteiger partial charge in [0.15, 0.2) is 0 Å². The number of hydrogen-bond acceptors (Lipinski definition) is 9. The summed E-state index contributed by atoms with van der Waals surface area (Å²) in [5.74, 6) is 0.342. The molecule has 12 nitrogen and oxygen atoms in total. The summed E-state index contributed by atoms with van der Waals surface area (Å²) in [5.41, 5.74) is 3.03. The largest absolute Gasteiger partial charge is 0.492 e. The summed E-state index contributed by atoms with van der Waals surface area (Å²) in [6.45, 7) is 15.2. The summed E-state index contributed by atoms with van der Waals surface area (Å²) in [5, 5.41) is 15.2. The number of fused-ring (bicyclic) bond motifs is 1. The number of benzene rings is 3. The monoisotopic (exact) mass is 808 g/mol. The van der Waals surface area contributed by atoms with E-state index in [1.807, 2.05) is 24.3 Å². The highest BCUT2D eigenvalue weighted by Gasteiger charge is 2.64. The van der Waals surface area contributed by atoms with Crippen LogP contribution in [0.1, 0.15) is 90.8 Å². The van der Waals surface area contributed by atoms with Crippen molar-refractivity contribution in [1.82, 2.24) is 25.3 Å². The van der Waals surface area contributed by atoms with Crippen molar-refractivity contribution in [2.24, 2.45) is 10.8 Å². The van der Waals surface area contributed by atoms with E-state index in [9.17, 15) is 24.4 Å². The smallest absolute Gasteiger partial charge is 0.255 e. The second-order valence-electron chi connectivity index (χ2n) is 17.2. The molecule has 3 aromatic rings. The molecule has 0 aromatic heterocycles. The number of nitrogens with zero attached hydrogens (tertiary/aromatic N) is 4. The highest BCUT2D eigenvalue weighted by atomic mass is 35.5. The number of carbonyl (C=O) groups is 4. The number of ether oxygens (including phenoxy) is 2. The number of nitriles is 1. The molecule has 3 fully saturated rings. The van der Waals surface area contributed by atoms with Crippen molar-refractivity contribution in [3.8, 4) is 17.6 Å². The van der Waals surface area contributed by atoms with Crippen molar-refractivity contribution >= 4 is 35.2 Å². The van der Waals surface area contributed by atoms with Gasteiger partial charge in [-0.3, -0.25) is 29.4 Å². The summed E-state index contributed by atoms with van der Waals surface area (Å²) in [4.78, 5) is 56.7. The van der Waals surface area contributed by atoms with Crippen molar-refractivity contribution < 1.29 is 28.7 Å². The quantitative estimate of drug-likeness (QED) is 0.157. The number of nitrogens with one attached hydrogen (secondary N) is 2. The van der Waals surface area contributed by atoms with Gasteiger partial charge in [0.05, 0.1) is 10.6 Å². The zero-order valence-corrected chi connectivity index (χ0v) is 34.6. The maximum atomic E-state index is 13.4. The molecule has 1 atom stereocenters. The fourth-order valence-electron chi connectivity index (χ4n) is 9.47. The van der Waals surface area contributed by atoms with E-state index < -0.39 is 11.9 Å². The van der Waals surface area contributed by atoms with Gasteiger partial charge in [-0.15, -0.1) is 0 Å². The number of carbonyl (C=O) groups excluding carboxylic acids is 4. The normalized spacial score (nSPS) is 22.7. The van der Waals surface area contributed by atoms with Crippen LogP contribution in [0.2, 0.25) is 5.02 Å². The molecule has 3 aromatic carbocycles. The van der Waals surface area contributed by atoms with Gasteiger partial charge in [0.1, 0.15) is 36.3 Å². The molecule has 4 amide bonds. The van der Waals surface area contributed by atoms with Crippen LogP contribution in [-0.2, 0) is 22.6 Å². The van der Waals surface area contributed by atoms with Gasteiger partial charge in [0.25, 0.3) is 11.8 Å². The Morgan fingerprint density at radius 3 is 2.28 bits per heavy atom. The van der Waals surface area contributed by atoms with Gasteiger partial charge < -0.3 is 24.6 Å². The molecule has 1 aliphatic carbocycles. The number of rotatable bonds is 14. The van der Waals surface area contributed by atoms with Crippen molar-refractivity contribution in [3.63, 3.8) is 0 Å². The van der Waals surface area contributed by atoms with Crippen molar-refractivity contribution in [2.75, 3.05) is 45.9 Å². The van der Waals surface area contributed by atoms with Crippen molar-refractivity contribution in [1.29, 1.82) is 5.26 Å². The fourth-order valence-corrected chi connectivity index (χ4v) is 9.68. The van der Waals surface area contributed by atoms with E-state index >= 15 is 0 Å². The summed E-state index contributed by atoms with van der Waals surface area (Å²) in [6, 6.07) is 19.9. The van der Waals surface area contributed by atoms with Gasteiger partial charge in [-0.25, -0.2) is 0 Å². The van der Waals surface area contributed by atoms with E-state index in [1.54, 1.807) is 29.2 Å². The number of piperazine rings is 1. The van der Waals surface area contributed by atoms with Crippen LogP contribution in [0.15, 0.2) is 60.7 Å². The fraction of sp³-hybridized carbons (Fsp3) is 0.489. The molecule has 7 rings (SSSR count). The van der Waals surface area contributed by atoms with Gasteiger partial charge in [-0.2, -0.15) is 5.26 Å². The van der Waals surface area contributed by atoms with Gasteiger partial charge in [-0.1, -0.05) is 51.4 Å². The van der Waals surface area contributed by atoms with E-state index in [0.717, 1.165) is 64.1 Å². The number of halogens is 1. The van der Waals surface area contributed by atoms with Crippen LogP contribution in [0.4, 0.5) is 0 Å². The minimum atomic E-state index is -0.624. The van der Waals surface area contributed by atoms with E-state index in [1.165, 1.54) is 5.56 Å². The molecule has 1 saturated carbocycles. The van der Waals surface area contributed by atoms with Crippen LogP contribution < -0.4 is 20.1 Å². The topological polar surface area (TPSA) is 144 Å². The Labute approximate surface area is 345 Å². The number of unbranched alkanes of at least 4 members (excludes halogenated alkanes) is 1. The first-order valence-corrected chi connectivity index (χ1v) is 20.7. The molecule has 0 spiro atoms. The number of piperidine rings is 1. The lowest BCUT2D eigenvalue weighted by molar-refractivity contribution is -0.164. The second kappa shape index (κ2) is 17.1. The number of imide groups is 1. The third kappa shape index (κ3) is 8.72. The Kier molecular flexibility index (Phi) is 12.1. The summed E-state index contributed by atoms with van der Waals surface area (Å²) in [6.07, 6.45) is 3.56. The van der Waals surface area contributed by atoms with Crippen LogP contribution in [0.3, 0.4) is 0 Å². The lowest BCUT2D eigenvalue weighted by Gasteiger charge is -2.63. The highest BCUT2D eigenvalue weighted by Crippen LogP contribution is 2.55. The van der Waals surface area contributed by atoms with Crippen LogP contribution in [-0.4, -0.2) is 102 Å². The highest BCUT2D eigenvalue weighted by molar-refractivity contribution is 6.31. The molecule has 0 unspecified atom stereocenters. The Bertz CT molecular complexity index is 2070. The van der Waals surface area contributed by atoms with E-state index in [4.69, 9.17) is 21.1 Å². The van der Waals surface area contributed by atoms with Crippen LogP contribution >= 0.6 is 11.6 Å². The van der Waals surface area contributed by atoms with E-state index in [2.05, 4.69) is 66.3 Å². The minimum absolute atomic E-state index is 0.0933. The Morgan fingerprint density at radius 1 is 0.914 bits per heavy atom. The van der Waals surface area contributed by atoms with Gasteiger partial charge in [-0.05, 0) is 85.8 Å². The maximum Gasteiger partial charge on any atom is 0.255 e. The molecule has 3 aliphatic heterocycles. The predicted octanol–water partition coefficient (Wildman–Crippen LogP) is 5.60. The predicted molar refractivity (Wildman–Crippen MR) is 220 cm³/mol. The van der Waals surface area contributed by atoms with Crippen LogP contribution in [0.5, 0.6) is 11.5 Å². The zero-order chi connectivity index (χ0) is 41.2. The Morgan fingerprint density at radius 2 is 1.60 bits per heavy atom. The molecule has 4 aliphatic rings. The third-order valence-corrected chi connectivity index (χ3v) is 12.8. The van der Waals surface area contributed by atoms with E-state index in [0.29, 0.717) is 52.8 Å². The third-order valence-electron chi connectivity index (χ3n) is 12.5. The Hall–Kier alpha value is -4.96. The Balaban J connectivity index is 0.778. The average Bonchev–Trinajstić information content (AvgIpc) is 3.52. The lowest BCUT2D eigenvalue weighted by atomic mass is 9.49. The van der Waals surface area contributed by atoms with Gasteiger partial charge >= 0.3 is 0 Å². The molecule has 0 bridgehead atoms. The summed E-state index contributed by atoms with van der Waals surface area (Å²) < 4.78 is 12.4. The minimum Gasteiger partial charge on any atom is -0.492 e.